The number of hydrogen-bond donors (Lipinski definition) is 1. The summed E-state index contributed by atoms with van der Waals surface area (Å²) in [5.74, 6) is 0. The van der Waals surface area contributed by atoms with E-state index in [-0.39, 0.29) is 0 Å². The van der Waals surface area contributed by atoms with E-state index in [9.17, 15) is 4.79 Å². The lowest BCUT2D eigenvalue weighted by molar-refractivity contribution is 0.112. The first-order chi connectivity index (χ1) is 10.2. The molecule has 0 bridgehead atoms. The molecule has 3 aromatic rings. The number of pyridine rings is 1. The van der Waals surface area contributed by atoms with Crippen molar-refractivity contribution in [2.75, 3.05) is 0 Å². The maximum absolute atomic E-state index is 10.7. The SMILES string of the molecule is Cc1cc(-c2cccc(-c3ccc(C=O)cc3)n2)c(C)[nH]1. The lowest BCUT2D eigenvalue weighted by atomic mass is 10.1. The van der Waals surface area contributed by atoms with Gasteiger partial charge in [0.25, 0.3) is 0 Å². The van der Waals surface area contributed by atoms with Gasteiger partial charge in [-0.2, -0.15) is 0 Å². The van der Waals surface area contributed by atoms with Gasteiger partial charge in [-0.1, -0.05) is 30.3 Å². The van der Waals surface area contributed by atoms with E-state index in [0.29, 0.717) is 5.56 Å². The van der Waals surface area contributed by atoms with Gasteiger partial charge in [0, 0.05) is 28.1 Å². The van der Waals surface area contributed by atoms with Gasteiger partial charge in [-0.05, 0) is 32.0 Å². The van der Waals surface area contributed by atoms with Gasteiger partial charge in [-0.25, -0.2) is 4.98 Å². The standard InChI is InChI=1S/C18H16N2O/c1-12-10-16(13(2)19-12)18-5-3-4-17(20-18)15-8-6-14(11-21)7-9-15/h3-11,19H,1-2H3. The van der Waals surface area contributed by atoms with Crippen LogP contribution in [0.15, 0.2) is 48.5 Å². The van der Waals surface area contributed by atoms with Gasteiger partial charge in [0.15, 0.2) is 0 Å². The minimum absolute atomic E-state index is 0.673. The molecule has 0 saturated carbocycles. The Morgan fingerprint density at radius 1 is 1.00 bits per heavy atom. The monoisotopic (exact) mass is 276 g/mol. The summed E-state index contributed by atoms with van der Waals surface area (Å²) in [6.45, 7) is 4.09. The van der Waals surface area contributed by atoms with Gasteiger partial charge in [-0.15, -0.1) is 0 Å². The Hall–Kier alpha value is -2.68. The Balaban J connectivity index is 2.03. The summed E-state index contributed by atoms with van der Waals surface area (Å²) in [6.07, 6.45) is 0.847. The minimum Gasteiger partial charge on any atom is -0.362 e. The fourth-order valence-electron chi connectivity index (χ4n) is 2.47. The quantitative estimate of drug-likeness (QED) is 0.730. The zero-order valence-corrected chi connectivity index (χ0v) is 12.1. The van der Waals surface area contributed by atoms with Crippen LogP contribution in [0.25, 0.3) is 22.5 Å². The second-order valence-electron chi connectivity index (χ2n) is 5.14. The average Bonchev–Trinajstić information content (AvgIpc) is 2.86. The molecule has 3 heteroatoms. The molecular weight excluding hydrogens is 260 g/mol. The van der Waals surface area contributed by atoms with E-state index in [0.717, 1.165) is 40.2 Å². The number of aromatic amines is 1. The van der Waals surface area contributed by atoms with Crippen molar-refractivity contribution in [3.05, 3.63) is 65.5 Å². The summed E-state index contributed by atoms with van der Waals surface area (Å²) in [5, 5.41) is 0. The summed E-state index contributed by atoms with van der Waals surface area (Å²) in [6, 6.07) is 15.6. The smallest absolute Gasteiger partial charge is 0.150 e. The highest BCUT2D eigenvalue weighted by molar-refractivity contribution is 5.76. The van der Waals surface area contributed by atoms with Gasteiger partial charge >= 0.3 is 0 Å². The number of benzene rings is 1. The molecule has 2 aromatic heterocycles. The Bertz CT molecular complexity index is 785. The molecule has 0 aliphatic heterocycles. The summed E-state index contributed by atoms with van der Waals surface area (Å²) < 4.78 is 0. The van der Waals surface area contributed by atoms with Crippen LogP contribution in [-0.4, -0.2) is 16.3 Å². The van der Waals surface area contributed by atoms with Gasteiger partial charge in [0.1, 0.15) is 6.29 Å². The Morgan fingerprint density at radius 3 is 2.33 bits per heavy atom. The van der Waals surface area contributed by atoms with Crippen molar-refractivity contribution in [3.8, 4) is 22.5 Å². The van der Waals surface area contributed by atoms with Crippen LogP contribution in [0, 0.1) is 13.8 Å². The molecule has 1 aromatic carbocycles. The van der Waals surface area contributed by atoms with Crippen LogP contribution in [0.1, 0.15) is 21.7 Å². The maximum atomic E-state index is 10.7. The Morgan fingerprint density at radius 2 is 1.71 bits per heavy atom. The molecule has 0 aliphatic carbocycles. The van der Waals surface area contributed by atoms with Crippen molar-refractivity contribution in [3.63, 3.8) is 0 Å². The zero-order chi connectivity index (χ0) is 14.8. The van der Waals surface area contributed by atoms with Gasteiger partial charge < -0.3 is 4.98 Å². The van der Waals surface area contributed by atoms with Gasteiger partial charge in [-0.3, -0.25) is 4.79 Å². The molecule has 1 N–H and O–H groups in total. The van der Waals surface area contributed by atoms with Crippen LogP contribution in [0.4, 0.5) is 0 Å². The number of aryl methyl sites for hydroxylation is 2. The topological polar surface area (TPSA) is 45.8 Å². The predicted molar refractivity (Wildman–Crippen MR) is 84.3 cm³/mol. The minimum atomic E-state index is 0.673. The highest BCUT2D eigenvalue weighted by Gasteiger charge is 2.08. The fraction of sp³-hybridized carbons (Fsp3) is 0.111. The molecule has 0 atom stereocenters. The molecule has 21 heavy (non-hydrogen) atoms. The van der Waals surface area contributed by atoms with Crippen LogP contribution in [0.5, 0.6) is 0 Å². The first-order valence-electron chi connectivity index (χ1n) is 6.86. The molecule has 0 amide bonds. The second-order valence-corrected chi connectivity index (χ2v) is 5.14. The largest absolute Gasteiger partial charge is 0.362 e. The molecule has 2 heterocycles. The Kier molecular flexibility index (Phi) is 3.40. The number of carbonyl (C=O) groups is 1. The molecule has 0 fully saturated rings. The van der Waals surface area contributed by atoms with E-state index >= 15 is 0 Å². The van der Waals surface area contributed by atoms with E-state index in [1.807, 2.05) is 49.4 Å². The van der Waals surface area contributed by atoms with Crippen LogP contribution < -0.4 is 0 Å². The molecular formula is C18H16N2O. The Labute approximate surface area is 123 Å². The molecule has 3 nitrogen and oxygen atoms in total. The molecule has 0 unspecified atom stereocenters. The van der Waals surface area contributed by atoms with Crippen molar-refractivity contribution in [1.29, 1.82) is 0 Å². The van der Waals surface area contributed by atoms with Crippen LogP contribution in [0.3, 0.4) is 0 Å². The molecule has 104 valence electrons. The third-order valence-corrected chi connectivity index (χ3v) is 3.52. The normalized spacial score (nSPS) is 10.6. The maximum Gasteiger partial charge on any atom is 0.150 e. The third kappa shape index (κ3) is 2.63. The number of nitrogens with zero attached hydrogens (tertiary/aromatic N) is 1. The number of hydrogen-bond acceptors (Lipinski definition) is 2. The number of H-pyrrole nitrogens is 1. The molecule has 0 radical (unpaired) electrons. The number of rotatable bonds is 3. The number of nitrogens with one attached hydrogen (secondary N) is 1. The lowest BCUT2D eigenvalue weighted by Crippen LogP contribution is -1.89. The zero-order valence-electron chi connectivity index (χ0n) is 12.1. The number of carbonyl (C=O) groups excluding carboxylic acids is 1. The van der Waals surface area contributed by atoms with Crippen molar-refractivity contribution >= 4 is 6.29 Å². The number of aromatic nitrogens is 2. The van der Waals surface area contributed by atoms with E-state index in [1.165, 1.54) is 0 Å². The van der Waals surface area contributed by atoms with Crippen LogP contribution in [0.2, 0.25) is 0 Å². The van der Waals surface area contributed by atoms with E-state index in [4.69, 9.17) is 4.98 Å². The van der Waals surface area contributed by atoms with Crippen LogP contribution in [-0.2, 0) is 0 Å². The lowest BCUT2D eigenvalue weighted by Gasteiger charge is -2.05. The molecule has 0 aliphatic rings. The second kappa shape index (κ2) is 5.37. The van der Waals surface area contributed by atoms with Crippen molar-refractivity contribution < 1.29 is 4.79 Å². The third-order valence-electron chi connectivity index (χ3n) is 3.52. The summed E-state index contributed by atoms with van der Waals surface area (Å²) in [5.41, 5.74) is 6.91. The van der Waals surface area contributed by atoms with E-state index in [1.54, 1.807) is 0 Å². The summed E-state index contributed by atoms with van der Waals surface area (Å²) in [4.78, 5) is 18.8. The summed E-state index contributed by atoms with van der Waals surface area (Å²) in [7, 11) is 0. The van der Waals surface area contributed by atoms with Gasteiger partial charge in [0.2, 0.25) is 0 Å². The van der Waals surface area contributed by atoms with Crippen molar-refractivity contribution in [2.45, 2.75) is 13.8 Å². The first-order valence-corrected chi connectivity index (χ1v) is 6.86. The average molecular weight is 276 g/mol. The highest BCUT2D eigenvalue weighted by Crippen LogP contribution is 2.25. The molecule has 0 spiro atoms. The van der Waals surface area contributed by atoms with E-state index in [2.05, 4.69) is 18.0 Å². The van der Waals surface area contributed by atoms with Crippen LogP contribution >= 0.6 is 0 Å². The summed E-state index contributed by atoms with van der Waals surface area (Å²) >= 11 is 0. The molecule has 3 rings (SSSR count). The highest BCUT2D eigenvalue weighted by atomic mass is 16.1. The van der Waals surface area contributed by atoms with Crippen molar-refractivity contribution in [1.82, 2.24) is 9.97 Å². The number of aldehydes is 1. The first kappa shape index (κ1) is 13.3. The molecule has 0 saturated heterocycles. The van der Waals surface area contributed by atoms with E-state index < -0.39 is 0 Å². The van der Waals surface area contributed by atoms with Gasteiger partial charge in [0.05, 0.1) is 11.4 Å². The predicted octanol–water partition coefficient (Wildman–Crippen LogP) is 4.17. The fourth-order valence-corrected chi connectivity index (χ4v) is 2.47. The van der Waals surface area contributed by atoms with Crippen molar-refractivity contribution in [2.24, 2.45) is 0 Å².